The molecule has 0 bridgehead atoms. The predicted molar refractivity (Wildman–Crippen MR) is 78.1 cm³/mol. The third-order valence-electron chi connectivity index (χ3n) is 2.93. The fourth-order valence-corrected chi connectivity index (χ4v) is 1.91. The number of hydrogen-bond donors (Lipinski definition) is 2. The molecule has 0 unspecified atom stereocenters. The third kappa shape index (κ3) is 5.15. The minimum Gasteiger partial charge on any atom is -0.491 e. The van der Waals surface area contributed by atoms with Crippen molar-refractivity contribution in [3.05, 3.63) is 29.0 Å². The van der Waals surface area contributed by atoms with E-state index in [4.69, 9.17) is 16.3 Å². The maximum absolute atomic E-state index is 12.8. The lowest BCUT2D eigenvalue weighted by Crippen LogP contribution is -2.48. The summed E-state index contributed by atoms with van der Waals surface area (Å²) in [6.45, 7) is 2.84. The van der Waals surface area contributed by atoms with Crippen molar-refractivity contribution in [3.8, 4) is 5.75 Å². The van der Waals surface area contributed by atoms with Crippen LogP contribution in [-0.2, 0) is 4.79 Å². The molecule has 1 aromatic carbocycles. The first-order valence-electron chi connectivity index (χ1n) is 6.20. The number of carbonyl (C=O) groups excluding carboxylic acids is 1. The summed E-state index contributed by atoms with van der Waals surface area (Å²) < 4.78 is 18.1. The van der Waals surface area contributed by atoms with E-state index in [0.717, 1.165) is 13.1 Å². The number of rotatable bonds is 6. The van der Waals surface area contributed by atoms with Crippen LogP contribution in [0.2, 0.25) is 5.02 Å². The molecule has 1 amide bonds. The quantitative estimate of drug-likeness (QED) is 0.842. The van der Waals surface area contributed by atoms with Crippen molar-refractivity contribution in [1.29, 1.82) is 0 Å². The predicted octanol–water partition coefficient (Wildman–Crippen LogP) is 2.01. The van der Waals surface area contributed by atoms with Crippen molar-refractivity contribution in [2.75, 3.05) is 26.2 Å². The van der Waals surface area contributed by atoms with E-state index < -0.39 is 5.82 Å². The van der Waals surface area contributed by atoms with E-state index in [1.54, 1.807) is 0 Å². The summed E-state index contributed by atoms with van der Waals surface area (Å²) in [6, 6.07) is 3.90. The first-order chi connectivity index (χ1) is 9.15. The fraction of sp³-hybridized carbons (Fsp3) is 0.462. The van der Waals surface area contributed by atoms with Crippen LogP contribution in [0.5, 0.6) is 5.75 Å². The summed E-state index contributed by atoms with van der Waals surface area (Å²) in [6.07, 6.45) is 0.258. The Morgan fingerprint density at radius 2 is 2.25 bits per heavy atom. The molecular weight excluding hydrogens is 306 g/mol. The Bertz CT molecular complexity index is 456. The molecule has 20 heavy (non-hydrogen) atoms. The van der Waals surface area contributed by atoms with Gasteiger partial charge in [0.05, 0.1) is 18.1 Å². The van der Waals surface area contributed by atoms with Gasteiger partial charge in [-0.15, -0.1) is 12.4 Å². The van der Waals surface area contributed by atoms with Crippen LogP contribution in [-0.4, -0.2) is 32.1 Å². The molecule has 4 nitrogen and oxygen atoms in total. The van der Waals surface area contributed by atoms with Gasteiger partial charge in [-0.2, -0.15) is 0 Å². The maximum Gasteiger partial charge on any atom is 0.223 e. The largest absolute Gasteiger partial charge is 0.491 e. The van der Waals surface area contributed by atoms with E-state index in [2.05, 4.69) is 10.6 Å². The standard InChI is InChI=1S/C13H16ClFN2O2.ClH/c14-11-5-10(15)1-2-12(11)19-4-3-13(18)17-8-9-6-16-7-9;/h1-2,5,9,16H,3-4,6-8H2,(H,17,18);1H. The molecule has 0 spiro atoms. The van der Waals surface area contributed by atoms with Crippen LogP contribution in [0.1, 0.15) is 6.42 Å². The second-order valence-electron chi connectivity index (χ2n) is 4.50. The van der Waals surface area contributed by atoms with E-state index in [0.29, 0.717) is 18.2 Å². The van der Waals surface area contributed by atoms with Crippen LogP contribution < -0.4 is 15.4 Å². The zero-order chi connectivity index (χ0) is 13.7. The molecule has 7 heteroatoms. The molecule has 2 N–H and O–H groups in total. The van der Waals surface area contributed by atoms with E-state index >= 15 is 0 Å². The van der Waals surface area contributed by atoms with Crippen molar-refractivity contribution in [3.63, 3.8) is 0 Å². The van der Waals surface area contributed by atoms with Gasteiger partial charge in [-0.1, -0.05) is 11.6 Å². The van der Waals surface area contributed by atoms with Gasteiger partial charge in [0.1, 0.15) is 11.6 Å². The summed E-state index contributed by atoms with van der Waals surface area (Å²) in [7, 11) is 0. The van der Waals surface area contributed by atoms with Crippen LogP contribution in [0.4, 0.5) is 4.39 Å². The third-order valence-corrected chi connectivity index (χ3v) is 3.23. The molecule has 0 aliphatic carbocycles. The normalized spacial score (nSPS) is 14.1. The van der Waals surface area contributed by atoms with Crippen molar-refractivity contribution in [2.24, 2.45) is 5.92 Å². The monoisotopic (exact) mass is 322 g/mol. The number of carbonyl (C=O) groups is 1. The molecule has 1 aromatic rings. The number of benzene rings is 1. The van der Waals surface area contributed by atoms with Gasteiger partial charge in [-0.05, 0) is 18.2 Å². The van der Waals surface area contributed by atoms with Gasteiger partial charge in [0.2, 0.25) is 5.91 Å². The lowest BCUT2D eigenvalue weighted by atomic mass is 10.0. The smallest absolute Gasteiger partial charge is 0.223 e. The Morgan fingerprint density at radius 3 is 2.85 bits per heavy atom. The van der Waals surface area contributed by atoms with E-state index in [1.165, 1.54) is 18.2 Å². The summed E-state index contributed by atoms with van der Waals surface area (Å²) in [5.74, 6) is 0.463. The average molecular weight is 323 g/mol. The molecule has 0 saturated carbocycles. The van der Waals surface area contributed by atoms with E-state index in [9.17, 15) is 9.18 Å². The maximum atomic E-state index is 12.8. The lowest BCUT2D eigenvalue weighted by Gasteiger charge is -2.27. The first-order valence-corrected chi connectivity index (χ1v) is 6.58. The minimum atomic E-state index is -0.413. The van der Waals surface area contributed by atoms with Crippen LogP contribution in [0, 0.1) is 11.7 Å². The molecule has 0 atom stereocenters. The highest BCUT2D eigenvalue weighted by atomic mass is 35.5. The summed E-state index contributed by atoms with van der Waals surface area (Å²) >= 11 is 5.80. The second-order valence-corrected chi connectivity index (χ2v) is 4.91. The summed E-state index contributed by atoms with van der Waals surface area (Å²) in [5, 5.41) is 6.19. The van der Waals surface area contributed by atoms with Gasteiger partial charge in [0.25, 0.3) is 0 Å². The van der Waals surface area contributed by atoms with Gasteiger partial charge in [0.15, 0.2) is 0 Å². The lowest BCUT2D eigenvalue weighted by molar-refractivity contribution is -0.121. The van der Waals surface area contributed by atoms with Crippen LogP contribution in [0.25, 0.3) is 0 Å². The number of hydrogen-bond acceptors (Lipinski definition) is 3. The Hall–Kier alpha value is -1.04. The topological polar surface area (TPSA) is 50.4 Å². The van der Waals surface area contributed by atoms with Crippen LogP contribution >= 0.6 is 24.0 Å². The van der Waals surface area contributed by atoms with Crippen molar-refractivity contribution in [1.82, 2.24) is 10.6 Å². The van der Waals surface area contributed by atoms with Gasteiger partial charge >= 0.3 is 0 Å². The summed E-state index contributed by atoms with van der Waals surface area (Å²) in [4.78, 5) is 11.5. The molecule has 1 saturated heterocycles. The SMILES string of the molecule is Cl.O=C(CCOc1ccc(F)cc1Cl)NCC1CNC1. The molecule has 2 rings (SSSR count). The molecule has 0 aromatic heterocycles. The average Bonchev–Trinajstić information content (AvgIpc) is 2.30. The summed E-state index contributed by atoms with van der Waals surface area (Å²) in [5.41, 5.74) is 0. The molecule has 112 valence electrons. The van der Waals surface area contributed by atoms with Gasteiger partial charge in [-0.25, -0.2) is 4.39 Å². The number of ether oxygens (including phenoxy) is 1. The molecule has 1 heterocycles. The number of halogens is 3. The molecule has 0 radical (unpaired) electrons. The number of amides is 1. The molecule has 1 aliphatic rings. The fourth-order valence-electron chi connectivity index (χ4n) is 1.69. The Balaban J connectivity index is 0.00000200. The highest BCUT2D eigenvalue weighted by Crippen LogP contribution is 2.24. The van der Waals surface area contributed by atoms with Crippen LogP contribution in [0.15, 0.2) is 18.2 Å². The highest BCUT2D eigenvalue weighted by molar-refractivity contribution is 6.32. The minimum absolute atomic E-state index is 0. The van der Waals surface area contributed by atoms with E-state index in [1.807, 2.05) is 0 Å². The van der Waals surface area contributed by atoms with Gasteiger partial charge in [-0.3, -0.25) is 4.79 Å². The van der Waals surface area contributed by atoms with Crippen molar-refractivity contribution >= 4 is 29.9 Å². The Labute approximate surface area is 128 Å². The second kappa shape index (κ2) is 8.29. The van der Waals surface area contributed by atoms with Crippen LogP contribution in [0.3, 0.4) is 0 Å². The molecule has 1 fully saturated rings. The zero-order valence-electron chi connectivity index (χ0n) is 10.8. The van der Waals surface area contributed by atoms with E-state index in [-0.39, 0.29) is 36.4 Å². The molecule has 1 aliphatic heterocycles. The number of nitrogens with one attached hydrogen (secondary N) is 2. The first kappa shape index (κ1) is 17.0. The van der Waals surface area contributed by atoms with Crippen molar-refractivity contribution < 1.29 is 13.9 Å². The molecular formula is C13H17Cl2FN2O2. The Kier molecular flexibility index (Phi) is 7.05. The van der Waals surface area contributed by atoms with Gasteiger partial charge in [0, 0.05) is 25.6 Å². The Morgan fingerprint density at radius 1 is 1.50 bits per heavy atom. The zero-order valence-corrected chi connectivity index (χ0v) is 12.4. The van der Waals surface area contributed by atoms with Gasteiger partial charge < -0.3 is 15.4 Å². The highest BCUT2D eigenvalue weighted by Gasteiger charge is 2.16. The van der Waals surface area contributed by atoms with Crippen molar-refractivity contribution in [2.45, 2.75) is 6.42 Å².